The summed E-state index contributed by atoms with van der Waals surface area (Å²) in [6.07, 6.45) is 3.47. The van der Waals surface area contributed by atoms with Crippen LogP contribution in [0, 0.1) is 0 Å². The summed E-state index contributed by atoms with van der Waals surface area (Å²) < 4.78 is 5.47. The van der Waals surface area contributed by atoms with E-state index in [2.05, 4.69) is 24.8 Å². The van der Waals surface area contributed by atoms with Crippen molar-refractivity contribution in [3.8, 4) is 0 Å². The molecular weight excluding hydrogens is 324 g/mol. The van der Waals surface area contributed by atoms with E-state index < -0.39 is 5.60 Å². The fourth-order valence-electron chi connectivity index (χ4n) is 3.45. The average molecular weight is 344 g/mol. The molecule has 2 aromatic rings. The van der Waals surface area contributed by atoms with E-state index in [1.165, 1.54) is 6.33 Å². The lowest BCUT2D eigenvalue weighted by Crippen LogP contribution is -2.50. The Balaban J connectivity index is 1.54. The van der Waals surface area contributed by atoms with Crippen LogP contribution in [0.2, 0.25) is 0 Å². The van der Waals surface area contributed by atoms with E-state index in [0.717, 1.165) is 6.42 Å². The van der Waals surface area contributed by atoms with Crippen molar-refractivity contribution in [2.75, 3.05) is 18.0 Å². The summed E-state index contributed by atoms with van der Waals surface area (Å²) in [6.45, 7) is 6.79. The van der Waals surface area contributed by atoms with Gasteiger partial charge in [-0.1, -0.05) is 0 Å². The molecule has 9 nitrogen and oxygen atoms in total. The lowest BCUT2D eigenvalue weighted by Gasteiger charge is -2.35. The molecule has 0 saturated carbocycles. The number of hydrogen-bond acceptors (Lipinski definition) is 7. The zero-order valence-corrected chi connectivity index (χ0v) is 14.4. The first-order chi connectivity index (χ1) is 11.8. The van der Waals surface area contributed by atoms with Crippen LogP contribution in [0.1, 0.15) is 27.2 Å². The summed E-state index contributed by atoms with van der Waals surface area (Å²) in [5, 5.41) is 0. The van der Waals surface area contributed by atoms with Crippen LogP contribution in [0.25, 0.3) is 11.0 Å². The number of likely N-dealkylation sites (tertiary alicyclic amines) is 1. The second-order valence-corrected chi connectivity index (χ2v) is 7.46. The van der Waals surface area contributed by atoms with Crippen LogP contribution in [-0.2, 0) is 4.74 Å². The quantitative estimate of drug-likeness (QED) is 0.820. The second kappa shape index (κ2) is 5.40. The molecule has 4 rings (SSSR count). The smallest absolute Gasteiger partial charge is 0.410 e. The summed E-state index contributed by atoms with van der Waals surface area (Å²) in [5.41, 5.74) is -0.0476. The van der Waals surface area contributed by atoms with Crippen molar-refractivity contribution in [2.45, 2.75) is 44.9 Å². The summed E-state index contributed by atoms with van der Waals surface area (Å²) in [5.74, 6) is 0.502. The fraction of sp³-hybridized carbons (Fsp3) is 0.562. The van der Waals surface area contributed by atoms with Crippen molar-refractivity contribution in [1.29, 1.82) is 0 Å². The summed E-state index contributed by atoms with van der Waals surface area (Å²) >= 11 is 0. The molecular formula is C16H20N6O3. The predicted molar refractivity (Wildman–Crippen MR) is 90.4 cm³/mol. The number of anilines is 1. The van der Waals surface area contributed by atoms with Crippen molar-refractivity contribution in [2.24, 2.45) is 0 Å². The maximum Gasteiger partial charge on any atom is 0.410 e. The lowest BCUT2D eigenvalue weighted by atomic mass is 10.2. The topological polar surface area (TPSA) is 104 Å². The minimum absolute atomic E-state index is 0.0753. The highest BCUT2D eigenvalue weighted by atomic mass is 16.6. The highest BCUT2D eigenvalue weighted by Gasteiger charge is 2.47. The van der Waals surface area contributed by atoms with Crippen molar-refractivity contribution in [3.63, 3.8) is 0 Å². The Hall–Kier alpha value is -2.71. The van der Waals surface area contributed by atoms with Crippen molar-refractivity contribution in [3.05, 3.63) is 22.9 Å². The van der Waals surface area contributed by atoms with E-state index in [-0.39, 0.29) is 29.3 Å². The number of nitrogens with one attached hydrogen (secondary N) is 1. The Labute approximate surface area is 144 Å². The number of aromatic amines is 1. The van der Waals surface area contributed by atoms with Crippen LogP contribution in [0.4, 0.5) is 10.7 Å². The molecule has 2 aliphatic rings. The fourth-order valence-corrected chi connectivity index (χ4v) is 3.45. The standard InChI is InChI=1S/C16H20N6O3/c1-16(2,3)25-15(24)22-7-9-4-10(22)6-21(9)14-17-5-11-12(20-14)13(23)19-8-18-11/h5,8-10H,4,6-7H2,1-3H3,(H,18,19,23)/t9-,10-/m0/s1. The van der Waals surface area contributed by atoms with Crippen molar-refractivity contribution >= 4 is 23.1 Å². The monoisotopic (exact) mass is 344 g/mol. The highest BCUT2D eigenvalue weighted by Crippen LogP contribution is 2.34. The number of carbonyl (C=O) groups is 1. The molecule has 0 spiro atoms. The first-order valence-corrected chi connectivity index (χ1v) is 8.28. The molecule has 9 heteroatoms. The number of nitrogens with zero attached hydrogens (tertiary/aromatic N) is 5. The van der Waals surface area contributed by atoms with Gasteiger partial charge in [0.1, 0.15) is 11.1 Å². The van der Waals surface area contributed by atoms with Gasteiger partial charge in [0.2, 0.25) is 5.95 Å². The zero-order chi connectivity index (χ0) is 17.8. The van der Waals surface area contributed by atoms with E-state index in [4.69, 9.17) is 4.74 Å². The van der Waals surface area contributed by atoms with Gasteiger partial charge in [-0.05, 0) is 27.2 Å². The molecule has 1 N–H and O–H groups in total. The third-order valence-corrected chi connectivity index (χ3v) is 4.50. The Bertz CT molecular complexity index is 889. The number of amides is 1. The first-order valence-electron chi connectivity index (χ1n) is 8.28. The highest BCUT2D eigenvalue weighted by molar-refractivity contribution is 5.73. The third-order valence-electron chi connectivity index (χ3n) is 4.50. The van der Waals surface area contributed by atoms with Gasteiger partial charge in [-0.2, -0.15) is 0 Å². The molecule has 2 bridgehead atoms. The van der Waals surface area contributed by atoms with E-state index in [1.54, 1.807) is 11.1 Å². The van der Waals surface area contributed by atoms with Crippen LogP contribution in [0.3, 0.4) is 0 Å². The number of rotatable bonds is 1. The summed E-state index contributed by atoms with van der Waals surface area (Å²) in [4.78, 5) is 43.4. The van der Waals surface area contributed by atoms with Gasteiger partial charge in [-0.15, -0.1) is 0 Å². The molecule has 0 radical (unpaired) electrons. The molecule has 4 heterocycles. The molecule has 2 saturated heterocycles. The SMILES string of the molecule is CC(C)(C)OC(=O)N1C[C@@H]2C[C@H]1CN2c1ncc2nc[nH]c(=O)c2n1. The van der Waals surface area contributed by atoms with E-state index in [9.17, 15) is 9.59 Å². The molecule has 132 valence electrons. The second-order valence-electron chi connectivity index (χ2n) is 7.46. The van der Waals surface area contributed by atoms with Crippen LogP contribution in [-0.4, -0.2) is 61.7 Å². The Morgan fingerprint density at radius 3 is 2.76 bits per heavy atom. The number of H-pyrrole nitrogens is 1. The largest absolute Gasteiger partial charge is 0.444 e. The van der Waals surface area contributed by atoms with E-state index in [1.807, 2.05) is 20.8 Å². The molecule has 2 aromatic heterocycles. The maximum atomic E-state index is 12.3. The summed E-state index contributed by atoms with van der Waals surface area (Å²) in [6, 6.07) is 0.206. The molecule has 2 aliphatic heterocycles. The van der Waals surface area contributed by atoms with Gasteiger partial charge in [0, 0.05) is 13.1 Å². The molecule has 0 aromatic carbocycles. The van der Waals surface area contributed by atoms with Crippen LogP contribution >= 0.6 is 0 Å². The minimum atomic E-state index is -0.506. The van der Waals surface area contributed by atoms with Crippen LogP contribution in [0.15, 0.2) is 17.3 Å². The van der Waals surface area contributed by atoms with Gasteiger partial charge in [-0.25, -0.2) is 19.7 Å². The van der Waals surface area contributed by atoms with Gasteiger partial charge in [0.05, 0.1) is 24.6 Å². The lowest BCUT2D eigenvalue weighted by molar-refractivity contribution is 0.0214. The number of ether oxygens (including phenoxy) is 1. The number of piperazine rings is 1. The Morgan fingerprint density at radius 1 is 1.28 bits per heavy atom. The normalized spacial score (nSPS) is 22.7. The predicted octanol–water partition coefficient (Wildman–Crippen LogP) is 0.911. The van der Waals surface area contributed by atoms with Gasteiger partial charge in [0.15, 0.2) is 5.52 Å². The molecule has 2 fully saturated rings. The Kier molecular flexibility index (Phi) is 3.41. The third kappa shape index (κ3) is 2.79. The molecule has 1 amide bonds. The maximum absolute atomic E-state index is 12.3. The molecule has 0 aliphatic carbocycles. The number of hydrogen-bond donors (Lipinski definition) is 1. The van der Waals surface area contributed by atoms with Gasteiger partial charge in [-0.3, -0.25) is 4.79 Å². The van der Waals surface area contributed by atoms with Crippen LogP contribution in [0.5, 0.6) is 0 Å². The molecule has 25 heavy (non-hydrogen) atoms. The van der Waals surface area contributed by atoms with Gasteiger partial charge >= 0.3 is 6.09 Å². The number of aromatic nitrogens is 4. The van der Waals surface area contributed by atoms with Gasteiger partial charge < -0.3 is 19.5 Å². The minimum Gasteiger partial charge on any atom is -0.444 e. The van der Waals surface area contributed by atoms with E-state index >= 15 is 0 Å². The molecule has 2 atom stereocenters. The van der Waals surface area contributed by atoms with Gasteiger partial charge in [0.25, 0.3) is 5.56 Å². The Morgan fingerprint density at radius 2 is 2.08 bits per heavy atom. The zero-order valence-electron chi connectivity index (χ0n) is 14.4. The number of carbonyl (C=O) groups excluding carboxylic acids is 1. The first kappa shape index (κ1) is 15.8. The summed E-state index contributed by atoms with van der Waals surface area (Å²) in [7, 11) is 0. The molecule has 0 unspecified atom stereocenters. The van der Waals surface area contributed by atoms with Crippen molar-refractivity contribution < 1.29 is 9.53 Å². The van der Waals surface area contributed by atoms with E-state index in [0.29, 0.717) is 24.6 Å². The average Bonchev–Trinajstić information content (AvgIpc) is 3.14. The van der Waals surface area contributed by atoms with Crippen molar-refractivity contribution in [1.82, 2.24) is 24.8 Å². The number of fused-ring (bicyclic) bond motifs is 3. The van der Waals surface area contributed by atoms with Crippen LogP contribution < -0.4 is 10.5 Å².